The number of hydrogen-bond donors (Lipinski definition) is 0. The van der Waals surface area contributed by atoms with Crippen LogP contribution in [-0.2, 0) is 16.0 Å². The number of ether oxygens (including phenoxy) is 1. The molecule has 1 heterocycles. The molecule has 0 saturated heterocycles. The molecule has 2 rings (SSSR count). The van der Waals surface area contributed by atoms with Crippen molar-refractivity contribution in [3.05, 3.63) is 34.8 Å². The molecule has 1 aliphatic rings. The zero-order valence-electron chi connectivity index (χ0n) is 12.2. The predicted molar refractivity (Wildman–Crippen MR) is 74.6 cm³/mol. The van der Waals surface area contributed by atoms with Crippen molar-refractivity contribution in [3.63, 3.8) is 0 Å². The lowest BCUT2D eigenvalue weighted by molar-refractivity contribution is -0.145. The van der Waals surface area contributed by atoms with Crippen LogP contribution in [0.25, 0.3) is 0 Å². The fraction of sp³-hybridized carbons (Fsp3) is 0.500. The number of Topliss-reactive ketones (excluding diaryl/α,β-unsaturated/α-hetero) is 1. The lowest BCUT2D eigenvalue weighted by atomic mass is 9.90. The van der Waals surface area contributed by atoms with Gasteiger partial charge in [-0.3, -0.25) is 9.59 Å². The number of aryl methyl sites for hydroxylation is 1. The van der Waals surface area contributed by atoms with E-state index in [4.69, 9.17) is 9.15 Å². The molecule has 0 spiro atoms. The quantitative estimate of drug-likeness (QED) is 0.583. The van der Waals surface area contributed by atoms with Gasteiger partial charge in [0.15, 0.2) is 5.78 Å². The molecule has 108 valence electrons. The van der Waals surface area contributed by atoms with E-state index in [1.165, 1.54) is 7.11 Å². The summed E-state index contributed by atoms with van der Waals surface area (Å²) in [6.45, 7) is 3.87. The first-order valence-corrected chi connectivity index (χ1v) is 6.86. The first-order valence-electron chi connectivity index (χ1n) is 6.86. The summed E-state index contributed by atoms with van der Waals surface area (Å²) in [6.07, 6.45) is 5.97. The van der Waals surface area contributed by atoms with Crippen molar-refractivity contribution < 1.29 is 18.7 Å². The van der Waals surface area contributed by atoms with E-state index in [0.717, 1.165) is 17.6 Å². The van der Waals surface area contributed by atoms with Gasteiger partial charge >= 0.3 is 5.97 Å². The smallest absolute Gasteiger partial charge is 0.309 e. The predicted octanol–water partition coefficient (Wildman–Crippen LogP) is 3.23. The molecule has 0 amide bonds. The molecule has 4 heteroatoms. The number of furan rings is 1. The second-order valence-electron chi connectivity index (χ2n) is 5.37. The number of allylic oxidation sites excluding steroid dienone is 2. The summed E-state index contributed by atoms with van der Waals surface area (Å²) in [6, 6.07) is 0. The Bertz CT molecular complexity index is 551. The van der Waals surface area contributed by atoms with Crippen LogP contribution in [0.3, 0.4) is 0 Å². The van der Waals surface area contributed by atoms with Gasteiger partial charge in [0.25, 0.3) is 0 Å². The zero-order chi connectivity index (χ0) is 14.7. The lowest BCUT2D eigenvalue weighted by Gasteiger charge is -2.15. The minimum Gasteiger partial charge on any atom is -0.469 e. The highest BCUT2D eigenvalue weighted by atomic mass is 16.5. The number of carbonyl (C=O) groups is 2. The van der Waals surface area contributed by atoms with E-state index in [-0.39, 0.29) is 24.1 Å². The Morgan fingerprint density at radius 3 is 2.85 bits per heavy atom. The van der Waals surface area contributed by atoms with Crippen LogP contribution >= 0.6 is 0 Å². The Morgan fingerprint density at radius 2 is 2.15 bits per heavy atom. The second-order valence-corrected chi connectivity index (χ2v) is 5.37. The van der Waals surface area contributed by atoms with Crippen molar-refractivity contribution in [1.82, 2.24) is 0 Å². The average molecular weight is 276 g/mol. The van der Waals surface area contributed by atoms with E-state index >= 15 is 0 Å². The fourth-order valence-corrected chi connectivity index (χ4v) is 2.65. The maximum absolute atomic E-state index is 12.5. The minimum atomic E-state index is -0.378. The van der Waals surface area contributed by atoms with Gasteiger partial charge in [0.1, 0.15) is 5.76 Å². The number of rotatable bonds is 1. The van der Waals surface area contributed by atoms with Crippen molar-refractivity contribution >= 4 is 11.8 Å². The van der Waals surface area contributed by atoms with E-state index in [2.05, 4.69) is 6.08 Å². The first-order chi connectivity index (χ1) is 9.52. The Morgan fingerprint density at radius 1 is 1.40 bits per heavy atom. The summed E-state index contributed by atoms with van der Waals surface area (Å²) in [7, 11) is 1.36. The molecule has 1 unspecified atom stereocenters. The highest BCUT2D eigenvalue weighted by Gasteiger charge is 2.27. The molecule has 0 N–H and O–H groups in total. The summed E-state index contributed by atoms with van der Waals surface area (Å²) in [4.78, 5) is 24.2. The summed E-state index contributed by atoms with van der Waals surface area (Å²) in [5, 5.41) is 0. The number of ketones is 1. The van der Waals surface area contributed by atoms with Crippen LogP contribution in [0.2, 0.25) is 0 Å². The van der Waals surface area contributed by atoms with Crippen LogP contribution in [0.1, 0.15) is 47.9 Å². The SMILES string of the molecule is COC(=O)C1CC/C=C(/C)Cc2occ(C)c2C(=O)C1. The summed E-state index contributed by atoms with van der Waals surface area (Å²) >= 11 is 0. The molecule has 0 aliphatic heterocycles. The van der Waals surface area contributed by atoms with E-state index in [0.29, 0.717) is 24.2 Å². The van der Waals surface area contributed by atoms with Gasteiger partial charge in [-0.1, -0.05) is 11.6 Å². The van der Waals surface area contributed by atoms with Gasteiger partial charge in [0, 0.05) is 12.8 Å². The number of fused-ring (bicyclic) bond motifs is 1. The number of carbonyl (C=O) groups excluding carboxylic acids is 2. The molecule has 0 aromatic carbocycles. The maximum Gasteiger partial charge on any atom is 0.309 e. The van der Waals surface area contributed by atoms with Gasteiger partial charge in [-0.05, 0) is 32.3 Å². The van der Waals surface area contributed by atoms with E-state index in [9.17, 15) is 9.59 Å². The highest BCUT2D eigenvalue weighted by molar-refractivity contribution is 6.00. The topological polar surface area (TPSA) is 56.5 Å². The van der Waals surface area contributed by atoms with E-state index in [1.807, 2.05) is 13.8 Å². The lowest BCUT2D eigenvalue weighted by Crippen LogP contribution is -2.21. The Balaban J connectivity index is 2.37. The molecule has 4 nitrogen and oxygen atoms in total. The van der Waals surface area contributed by atoms with Crippen molar-refractivity contribution in [2.24, 2.45) is 5.92 Å². The van der Waals surface area contributed by atoms with Crippen LogP contribution < -0.4 is 0 Å². The standard InChI is InChI=1S/C16H20O4/c1-10-5-4-6-12(16(18)19-3)8-13(17)15-11(2)9-20-14(15)7-10/h5,9,12H,4,6-8H2,1-3H3/b10-5-. The molecule has 1 atom stereocenters. The first kappa shape index (κ1) is 14.6. The molecular weight excluding hydrogens is 256 g/mol. The Kier molecular flexibility index (Phi) is 4.42. The summed E-state index contributed by atoms with van der Waals surface area (Å²) in [5.41, 5.74) is 2.62. The van der Waals surface area contributed by atoms with Crippen LogP contribution in [-0.4, -0.2) is 18.9 Å². The number of methoxy groups -OCH3 is 1. The van der Waals surface area contributed by atoms with Gasteiger partial charge in [0.2, 0.25) is 0 Å². The average Bonchev–Trinajstić information content (AvgIpc) is 2.77. The summed E-state index contributed by atoms with van der Waals surface area (Å²) in [5.74, 6) is -0.0207. The molecule has 0 bridgehead atoms. The third kappa shape index (κ3) is 3.00. The third-order valence-electron chi connectivity index (χ3n) is 3.74. The molecule has 0 saturated carbocycles. The van der Waals surface area contributed by atoms with Crippen LogP contribution in [0.5, 0.6) is 0 Å². The Hall–Kier alpha value is -1.84. The largest absolute Gasteiger partial charge is 0.469 e. The molecule has 0 radical (unpaired) electrons. The van der Waals surface area contributed by atoms with Crippen LogP contribution in [0, 0.1) is 12.8 Å². The minimum absolute atomic E-state index is 0.0312. The molecule has 20 heavy (non-hydrogen) atoms. The van der Waals surface area contributed by atoms with Gasteiger partial charge in [-0.15, -0.1) is 0 Å². The summed E-state index contributed by atoms with van der Waals surface area (Å²) < 4.78 is 10.3. The molecule has 1 aliphatic carbocycles. The van der Waals surface area contributed by atoms with Crippen molar-refractivity contribution in [1.29, 1.82) is 0 Å². The molecule has 0 fully saturated rings. The number of esters is 1. The fourth-order valence-electron chi connectivity index (χ4n) is 2.65. The molecule has 1 aromatic rings. The van der Waals surface area contributed by atoms with Crippen molar-refractivity contribution in [2.45, 2.75) is 39.5 Å². The van der Waals surface area contributed by atoms with Crippen LogP contribution in [0.4, 0.5) is 0 Å². The normalized spacial score (nSPS) is 22.6. The third-order valence-corrected chi connectivity index (χ3v) is 3.74. The second kappa shape index (κ2) is 6.07. The maximum atomic E-state index is 12.5. The number of hydrogen-bond acceptors (Lipinski definition) is 4. The van der Waals surface area contributed by atoms with E-state index < -0.39 is 0 Å². The monoisotopic (exact) mass is 276 g/mol. The van der Waals surface area contributed by atoms with Gasteiger partial charge < -0.3 is 9.15 Å². The van der Waals surface area contributed by atoms with Gasteiger partial charge in [0.05, 0.1) is 24.9 Å². The van der Waals surface area contributed by atoms with E-state index in [1.54, 1.807) is 6.26 Å². The van der Waals surface area contributed by atoms with Gasteiger partial charge in [-0.25, -0.2) is 0 Å². The van der Waals surface area contributed by atoms with Crippen molar-refractivity contribution in [3.8, 4) is 0 Å². The Labute approximate surface area is 118 Å². The van der Waals surface area contributed by atoms with Crippen LogP contribution in [0.15, 0.2) is 22.3 Å². The zero-order valence-corrected chi connectivity index (χ0v) is 12.2. The highest BCUT2D eigenvalue weighted by Crippen LogP contribution is 2.26. The van der Waals surface area contributed by atoms with Gasteiger partial charge in [-0.2, -0.15) is 0 Å². The molecule has 1 aromatic heterocycles. The van der Waals surface area contributed by atoms with Crippen molar-refractivity contribution in [2.75, 3.05) is 7.11 Å². The molecular formula is C16H20O4.